The van der Waals surface area contributed by atoms with E-state index in [-0.39, 0.29) is 23.8 Å². The van der Waals surface area contributed by atoms with Crippen LogP contribution < -0.4 is 5.32 Å². The number of hydrogen-bond acceptors (Lipinski definition) is 3. The summed E-state index contributed by atoms with van der Waals surface area (Å²) in [4.78, 5) is 27.0. The van der Waals surface area contributed by atoms with Crippen molar-refractivity contribution in [2.45, 2.75) is 31.8 Å². The van der Waals surface area contributed by atoms with Crippen LogP contribution in [0.5, 0.6) is 0 Å². The van der Waals surface area contributed by atoms with Crippen LogP contribution in [0.25, 0.3) is 0 Å². The van der Waals surface area contributed by atoms with E-state index in [0.717, 1.165) is 11.1 Å². The maximum atomic E-state index is 12.8. The first-order valence-electron chi connectivity index (χ1n) is 8.89. The van der Waals surface area contributed by atoms with Crippen molar-refractivity contribution in [2.24, 2.45) is 0 Å². The Labute approximate surface area is 159 Å². The SMILES string of the molecule is CC(CC(=O)N1CSCC1C(=O)NCc1ccccc1)c1ccccc1. The van der Waals surface area contributed by atoms with Gasteiger partial charge in [-0.15, -0.1) is 11.8 Å². The van der Waals surface area contributed by atoms with Gasteiger partial charge in [0.2, 0.25) is 11.8 Å². The van der Waals surface area contributed by atoms with Gasteiger partial charge in [0, 0.05) is 18.7 Å². The number of amides is 2. The van der Waals surface area contributed by atoms with Crippen molar-refractivity contribution < 1.29 is 9.59 Å². The predicted molar refractivity (Wildman–Crippen MR) is 106 cm³/mol. The molecule has 0 aliphatic carbocycles. The second kappa shape index (κ2) is 8.90. The molecule has 1 aliphatic heterocycles. The topological polar surface area (TPSA) is 49.4 Å². The molecule has 0 radical (unpaired) electrons. The maximum absolute atomic E-state index is 12.8. The highest BCUT2D eigenvalue weighted by Crippen LogP contribution is 2.26. The van der Waals surface area contributed by atoms with E-state index in [1.54, 1.807) is 16.7 Å². The second-order valence-corrected chi connectivity index (χ2v) is 7.60. The predicted octanol–water partition coefficient (Wildman–Crippen LogP) is 3.40. The monoisotopic (exact) mass is 368 g/mol. The summed E-state index contributed by atoms with van der Waals surface area (Å²) in [5, 5.41) is 2.96. The second-order valence-electron chi connectivity index (χ2n) is 6.60. The molecule has 4 nitrogen and oxygen atoms in total. The zero-order valence-corrected chi connectivity index (χ0v) is 15.7. The molecule has 0 saturated carbocycles. The number of carbonyl (C=O) groups is 2. The lowest BCUT2D eigenvalue weighted by atomic mass is 9.97. The summed E-state index contributed by atoms with van der Waals surface area (Å²) in [6.45, 7) is 2.55. The molecular weight excluding hydrogens is 344 g/mol. The molecule has 136 valence electrons. The summed E-state index contributed by atoms with van der Waals surface area (Å²) in [6, 6.07) is 19.5. The van der Waals surface area contributed by atoms with E-state index in [1.165, 1.54) is 0 Å². The molecule has 2 unspecified atom stereocenters. The van der Waals surface area contributed by atoms with Gasteiger partial charge in [-0.1, -0.05) is 67.6 Å². The molecule has 1 heterocycles. The fourth-order valence-electron chi connectivity index (χ4n) is 3.09. The number of carbonyl (C=O) groups excluding carboxylic acids is 2. The Balaban J connectivity index is 1.56. The maximum Gasteiger partial charge on any atom is 0.243 e. The number of thioether (sulfide) groups is 1. The van der Waals surface area contributed by atoms with Crippen molar-refractivity contribution in [3.05, 3.63) is 71.8 Å². The van der Waals surface area contributed by atoms with Gasteiger partial charge in [-0.05, 0) is 17.0 Å². The summed E-state index contributed by atoms with van der Waals surface area (Å²) < 4.78 is 0. The van der Waals surface area contributed by atoms with Crippen LogP contribution in [0.15, 0.2) is 60.7 Å². The molecule has 3 rings (SSSR count). The van der Waals surface area contributed by atoms with Crippen LogP contribution >= 0.6 is 11.8 Å². The van der Waals surface area contributed by atoms with Gasteiger partial charge in [0.1, 0.15) is 6.04 Å². The van der Waals surface area contributed by atoms with Crippen LogP contribution in [0.1, 0.15) is 30.4 Å². The highest BCUT2D eigenvalue weighted by molar-refractivity contribution is 7.99. The first kappa shape index (κ1) is 18.5. The lowest BCUT2D eigenvalue weighted by molar-refractivity contribution is -0.138. The third kappa shape index (κ3) is 4.67. The van der Waals surface area contributed by atoms with Gasteiger partial charge in [0.25, 0.3) is 0 Å². The molecule has 26 heavy (non-hydrogen) atoms. The van der Waals surface area contributed by atoms with Crippen LogP contribution in [0.3, 0.4) is 0 Å². The van der Waals surface area contributed by atoms with Crippen molar-refractivity contribution in [3.63, 3.8) is 0 Å². The van der Waals surface area contributed by atoms with Gasteiger partial charge in [0.15, 0.2) is 0 Å². The molecular formula is C21H24N2O2S. The molecule has 2 atom stereocenters. The van der Waals surface area contributed by atoms with Crippen LogP contribution in [0, 0.1) is 0 Å². The number of rotatable bonds is 6. The number of nitrogens with zero attached hydrogens (tertiary/aromatic N) is 1. The van der Waals surface area contributed by atoms with Crippen molar-refractivity contribution >= 4 is 23.6 Å². The van der Waals surface area contributed by atoms with E-state index in [1.807, 2.05) is 60.7 Å². The van der Waals surface area contributed by atoms with E-state index in [9.17, 15) is 9.59 Å². The molecule has 2 aromatic carbocycles. The lowest BCUT2D eigenvalue weighted by Gasteiger charge is -2.24. The highest BCUT2D eigenvalue weighted by atomic mass is 32.2. The molecule has 1 aliphatic rings. The molecule has 0 bridgehead atoms. The van der Waals surface area contributed by atoms with Crippen LogP contribution in [0.4, 0.5) is 0 Å². The molecule has 0 spiro atoms. The molecule has 2 amide bonds. The van der Waals surface area contributed by atoms with Gasteiger partial charge >= 0.3 is 0 Å². The average Bonchev–Trinajstić information content (AvgIpc) is 3.17. The van der Waals surface area contributed by atoms with Crippen molar-refractivity contribution in [2.75, 3.05) is 11.6 Å². The van der Waals surface area contributed by atoms with Crippen LogP contribution in [0.2, 0.25) is 0 Å². The molecule has 0 aromatic heterocycles. The third-order valence-electron chi connectivity index (χ3n) is 4.66. The Kier molecular flexibility index (Phi) is 6.34. The van der Waals surface area contributed by atoms with Crippen molar-refractivity contribution in [3.8, 4) is 0 Å². The van der Waals surface area contributed by atoms with E-state index >= 15 is 0 Å². The van der Waals surface area contributed by atoms with Gasteiger partial charge in [-0.2, -0.15) is 0 Å². The van der Waals surface area contributed by atoms with Gasteiger partial charge in [-0.3, -0.25) is 9.59 Å². The van der Waals surface area contributed by atoms with E-state index < -0.39 is 0 Å². The molecule has 1 fully saturated rings. The van der Waals surface area contributed by atoms with Gasteiger partial charge < -0.3 is 10.2 Å². The summed E-state index contributed by atoms with van der Waals surface area (Å²) in [5.74, 6) is 1.36. The molecule has 1 N–H and O–H groups in total. The van der Waals surface area contributed by atoms with Crippen molar-refractivity contribution in [1.29, 1.82) is 0 Å². The smallest absolute Gasteiger partial charge is 0.243 e. The first-order valence-corrected chi connectivity index (χ1v) is 10.0. The van der Waals surface area contributed by atoms with Gasteiger partial charge in [-0.25, -0.2) is 0 Å². The standard InChI is InChI=1S/C21H24N2O2S/c1-16(18-10-6-3-7-11-18)12-20(24)23-15-26-14-19(23)21(25)22-13-17-8-4-2-5-9-17/h2-11,16,19H,12-15H2,1H3,(H,22,25). The third-order valence-corrected chi connectivity index (χ3v) is 5.68. The Morgan fingerprint density at radius 3 is 2.46 bits per heavy atom. The van der Waals surface area contributed by atoms with Gasteiger partial charge in [0.05, 0.1) is 5.88 Å². The summed E-state index contributed by atoms with van der Waals surface area (Å²) in [5.41, 5.74) is 2.21. The van der Waals surface area contributed by atoms with E-state index in [2.05, 4.69) is 12.2 Å². The minimum atomic E-state index is -0.376. The average molecular weight is 369 g/mol. The minimum Gasteiger partial charge on any atom is -0.350 e. The largest absolute Gasteiger partial charge is 0.350 e. The van der Waals surface area contributed by atoms with E-state index in [0.29, 0.717) is 24.6 Å². The summed E-state index contributed by atoms with van der Waals surface area (Å²) in [7, 11) is 0. The Morgan fingerprint density at radius 2 is 1.77 bits per heavy atom. The first-order chi connectivity index (χ1) is 12.6. The zero-order chi connectivity index (χ0) is 18.4. The fourth-order valence-corrected chi connectivity index (χ4v) is 4.27. The number of hydrogen-bond donors (Lipinski definition) is 1. The Bertz CT molecular complexity index is 736. The number of benzene rings is 2. The van der Waals surface area contributed by atoms with Crippen LogP contribution in [-0.2, 0) is 16.1 Å². The Hall–Kier alpha value is -2.27. The molecule has 5 heteroatoms. The number of nitrogens with one attached hydrogen (secondary N) is 1. The summed E-state index contributed by atoms with van der Waals surface area (Å²) >= 11 is 1.64. The lowest BCUT2D eigenvalue weighted by Crippen LogP contribution is -2.47. The fraction of sp³-hybridized carbons (Fsp3) is 0.333. The minimum absolute atomic E-state index is 0.0474. The highest BCUT2D eigenvalue weighted by Gasteiger charge is 2.34. The van der Waals surface area contributed by atoms with Crippen molar-refractivity contribution in [1.82, 2.24) is 10.2 Å². The quantitative estimate of drug-likeness (QED) is 0.850. The Morgan fingerprint density at radius 1 is 1.12 bits per heavy atom. The molecule has 1 saturated heterocycles. The summed E-state index contributed by atoms with van der Waals surface area (Å²) in [6.07, 6.45) is 0.424. The molecule has 2 aromatic rings. The normalized spacial score (nSPS) is 17.7. The zero-order valence-electron chi connectivity index (χ0n) is 14.9. The van der Waals surface area contributed by atoms with E-state index in [4.69, 9.17) is 0 Å². The van der Waals surface area contributed by atoms with Crippen LogP contribution in [-0.4, -0.2) is 34.4 Å².